The first-order chi connectivity index (χ1) is 9.20. The fourth-order valence-electron chi connectivity index (χ4n) is 4.17. The van der Waals surface area contributed by atoms with E-state index in [1.54, 1.807) is 5.57 Å². The molecule has 1 saturated carbocycles. The summed E-state index contributed by atoms with van der Waals surface area (Å²) in [5.41, 5.74) is 3.83. The number of nitrogens with zero attached hydrogens (tertiary/aromatic N) is 1. The summed E-state index contributed by atoms with van der Waals surface area (Å²) >= 11 is 0. The molecule has 1 aliphatic heterocycles. The van der Waals surface area contributed by atoms with Gasteiger partial charge in [0.05, 0.1) is 0 Å². The van der Waals surface area contributed by atoms with Crippen LogP contribution in [0.1, 0.15) is 46.0 Å². The van der Waals surface area contributed by atoms with Gasteiger partial charge < -0.3 is 0 Å². The molecule has 3 rings (SSSR count). The smallest absolute Gasteiger partial charge is 0.0165 e. The molecule has 0 aromatic heterocycles. The molecule has 1 nitrogen and oxygen atoms in total. The quantitative estimate of drug-likeness (QED) is 0.665. The maximum atomic E-state index is 2.63. The van der Waals surface area contributed by atoms with Crippen molar-refractivity contribution in [3.63, 3.8) is 0 Å². The molecule has 1 heteroatoms. The molecule has 1 unspecified atom stereocenters. The first kappa shape index (κ1) is 13.2. The molecule has 3 aliphatic rings. The van der Waals surface area contributed by atoms with Crippen LogP contribution in [0, 0.1) is 11.3 Å². The Kier molecular flexibility index (Phi) is 3.66. The van der Waals surface area contributed by atoms with E-state index in [4.69, 9.17) is 0 Å². The van der Waals surface area contributed by atoms with Crippen molar-refractivity contribution in [2.45, 2.75) is 46.0 Å². The highest BCUT2D eigenvalue weighted by Crippen LogP contribution is 2.54. The molecule has 19 heavy (non-hydrogen) atoms. The molecular formula is C18H27N. The zero-order chi connectivity index (χ0) is 13.3. The number of rotatable bonds is 2. The normalized spacial score (nSPS) is 29.2. The van der Waals surface area contributed by atoms with Crippen molar-refractivity contribution in [1.29, 1.82) is 0 Å². The van der Waals surface area contributed by atoms with Crippen LogP contribution in [0.15, 0.2) is 35.5 Å². The monoisotopic (exact) mass is 257 g/mol. The summed E-state index contributed by atoms with van der Waals surface area (Å²) in [6, 6.07) is 0. The van der Waals surface area contributed by atoms with Crippen LogP contribution < -0.4 is 0 Å². The molecule has 0 N–H and O–H groups in total. The van der Waals surface area contributed by atoms with Crippen LogP contribution in [0.3, 0.4) is 0 Å². The van der Waals surface area contributed by atoms with Gasteiger partial charge in [-0.15, -0.1) is 0 Å². The minimum atomic E-state index is 0.580. The van der Waals surface area contributed by atoms with Gasteiger partial charge in [0, 0.05) is 6.54 Å². The Morgan fingerprint density at radius 1 is 1.32 bits per heavy atom. The topological polar surface area (TPSA) is 3.24 Å². The molecule has 2 fully saturated rings. The highest BCUT2D eigenvalue weighted by molar-refractivity contribution is 5.31. The van der Waals surface area contributed by atoms with Crippen molar-refractivity contribution < 1.29 is 0 Å². The summed E-state index contributed by atoms with van der Waals surface area (Å²) in [4.78, 5) is 2.63. The Morgan fingerprint density at radius 2 is 2.11 bits per heavy atom. The van der Waals surface area contributed by atoms with Gasteiger partial charge in [0.25, 0.3) is 0 Å². The standard InChI is InChI=1S/C18H27N/c1-15(2)8-12-19-13-10-18(11-14-19)9-7-16-5-3-4-6-17(16)18/h3-4,6,8,16H,5,7,9-14H2,1-2H3. The van der Waals surface area contributed by atoms with Gasteiger partial charge in [0.15, 0.2) is 0 Å². The highest BCUT2D eigenvalue weighted by Gasteiger charge is 2.44. The van der Waals surface area contributed by atoms with E-state index in [9.17, 15) is 0 Å². The minimum absolute atomic E-state index is 0.580. The fourth-order valence-corrected chi connectivity index (χ4v) is 4.17. The molecule has 0 amide bonds. The van der Waals surface area contributed by atoms with Crippen LogP contribution >= 0.6 is 0 Å². The third-order valence-electron chi connectivity index (χ3n) is 5.43. The van der Waals surface area contributed by atoms with E-state index in [1.807, 2.05) is 0 Å². The van der Waals surface area contributed by atoms with Crippen molar-refractivity contribution in [2.75, 3.05) is 19.6 Å². The van der Waals surface area contributed by atoms with Gasteiger partial charge in [-0.1, -0.05) is 35.5 Å². The molecule has 1 saturated heterocycles. The lowest BCUT2D eigenvalue weighted by Crippen LogP contribution is -2.40. The van der Waals surface area contributed by atoms with Crippen molar-refractivity contribution >= 4 is 0 Å². The Morgan fingerprint density at radius 3 is 2.84 bits per heavy atom. The molecule has 104 valence electrons. The second-order valence-corrected chi connectivity index (χ2v) is 6.88. The molecule has 2 aliphatic carbocycles. The molecule has 0 radical (unpaired) electrons. The first-order valence-electron chi connectivity index (χ1n) is 7.93. The van der Waals surface area contributed by atoms with Gasteiger partial charge in [0.2, 0.25) is 0 Å². The van der Waals surface area contributed by atoms with Gasteiger partial charge in [-0.2, -0.15) is 0 Å². The van der Waals surface area contributed by atoms with E-state index in [2.05, 4.69) is 43.1 Å². The molecule has 1 atom stereocenters. The van der Waals surface area contributed by atoms with Gasteiger partial charge in [-0.05, 0) is 70.4 Å². The number of hydrogen-bond acceptors (Lipinski definition) is 1. The lowest BCUT2D eigenvalue weighted by atomic mass is 9.71. The van der Waals surface area contributed by atoms with E-state index in [0.29, 0.717) is 5.41 Å². The third-order valence-corrected chi connectivity index (χ3v) is 5.43. The second kappa shape index (κ2) is 5.28. The summed E-state index contributed by atoms with van der Waals surface area (Å²) in [6.07, 6.45) is 16.4. The van der Waals surface area contributed by atoms with Crippen molar-refractivity contribution in [2.24, 2.45) is 11.3 Å². The zero-order valence-corrected chi connectivity index (χ0v) is 12.5. The Labute approximate surface area is 118 Å². The van der Waals surface area contributed by atoms with Gasteiger partial charge in [-0.3, -0.25) is 4.90 Å². The highest BCUT2D eigenvalue weighted by atomic mass is 15.1. The summed E-state index contributed by atoms with van der Waals surface area (Å²) in [5, 5.41) is 0. The summed E-state index contributed by atoms with van der Waals surface area (Å²) in [6.45, 7) is 8.13. The summed E-state index contributed by atoms with van der Waals surface area (Å²) < 4.78 is 0. The van der Waals surface area contributed by atoms with Crippen molar-refractivity contribution in [1.82, 2.24) is 4.90 Å². The van der Waals surface area contributed by atoms with Crippen LogP contribution in [0.4, 0.5) is 0 Å². The molecule has 0 aromatic carbocycles. The van der Waals surface area contributed by atoms with Gasteiger partial charge >= 0.3 is 0 Å². The summed E-state index contributed by atoms with van der Waals surface area (Å²) in [5.74, 6) is 0.884. The molecule has 1 spiro atoms. The fraction of sp³-hybridized carbons (Fsp3) is 0.667. The van der Waals surface area contributed by atoms with Gasteiger partial charge in [-0.25, -0.2) is 0 Å². The Hall–Kier alpha value is -0.820. The number of allylic oxidation sites excluding steroid dienone is 5. The predicted molar refractivity (Wildman–Crippen MR) is 82.1 cm³/mol. The third kappa shape index (κ3) is 2.58. The van der Waals surface area contributed by atoms with E-state index in [-0.39, 0.29) is 0 Å². The molecular weight excluding hydrogens is 230 g/mol. The largest absolute Gasteiger partial charge is 0.300 e. The van der Waals surface area contributed by atoms with E-state index in [0.717, 1.165) is 12.5 Å². The maximum absolute atomic E-state index is 2.63. The Bertz CT molecular complexity index is 415. The molecule has 0 bridgehead atoms. The van der Waals surface area contributed by atoms with Gasteiger partial charge in [0.1, 0.15) is 0 Å². The van der Waals surface area contributed by atoms with E-state index in [1.165, 1.54) is 50.8 Å². The number of fused-ring (bicyclic) bond motifs is 2. The van der Waals surface area contributed by atoms with Crippen LogP contribution in [0.25, 0.3) is 0 Å². The van der Waals surface area contributed by atoms with E-state index < -0.39 is 0 Å². The molecule has 0 aromatic rings. The first-order valence-corrected chi connectivity index (χ1v) is 7.93. The Balaban J connectivity index is 1.65. The lowest BCUT2D eigenvalue weighted by molar-refractivity contribution is 0.145. The van der Waals surface area contributed by atoms with Crippen LogP contribution in [-0.2, 0) is 0 Å². The van der Waals surface area contributed by atoms with E-state index >= 15 is 0 Å². The average Bonchev–Trinajstić information content (AvgIpc) is 2.78. The predicted octanol–water partition coefficient (Wildman–Crippen LogP) is 4.33. The maximum Gasteiger partial charge on any atom is 0.0165 e. The van der Waals surface area contributed by atoms with Crippen molar-refractivity contribution in [3.05, 3.63) is 35.5 Å². The lowest BCUT2D eigenvalue weighted by Gasteiger charge is -2.41. The average molecular weight is 257 g/mol. The van der Waals surface area contributed by atoms with Crippen LogP contribution in [-0.4, -0.2) is 24.5 Å². The zero-order valence-electron chi connectivity index (χ0n) is 12.5. The number of likely N-dealkylation sites (tertiary alicyclic amines) is 1. The SMILES string of the molecule is CC(C)=CCN1CCC2(CCC3CC=CC=C32)CC1. The summed E-state index contributed by atoms with van der Waals surface area (Å²) in [7, 11) is 0. The van der Waals surface area contributed by atoms with Crippen LogP contribution in [0.2, 0.25) is 0 Å². The second-order valence-electron chi connectivity index (χ2n) is 6.88. The van der Waals surface area contributed by atoms with Crippen LogP contribution in [0.5, 0.6) is 0 Å². The van der Waals surface area contributed by atoms with Crippen molar-refractivity contribution in [3.8, 4) is 0 Å². The number of piperidine rings is 1. The molecule has 1 heterocycles. The minimum Gasteiger partial charge on any atom is -0.300 e. The number of hydrogen-bond donors (Lipinski definition) is 0.